The molecule has 2 amide bonds. The van der Waals surface area contributed by atoms with Gasteiger partial charge < -0.3 is 20.5 Å². The molecule has 4 bridgehead atoms. The Bertz CT molecular complexity index is 1120. The van der Waals surface area contributed by atoms with Crippen LogP contribution in [-0.2, 0) is 4.79 Å². The van der Waals surface area contributed by atoms with Gasteiger partial charge in [0.1, 0.15) is 11.5 Å². The fraction of sp³-hybridized carbons (Fsp3) is 0.300. The lowest BCUT2D eigenvalue weighted by atomic mass is 10.1. The van der Waals surface area contributed by atoms with Gasteiger partial charge in [-0.2, -0.15) is 0 Å². The van der Waals surface area contributed by atoms with Crippen molar-refractivity contribution in [2.45, 2.75) is 19.4 Å². The van der Waals surface area contributed by atoms with Crippen molar-refractivity contribution >= 4 is 28.7 Å². The number of amides is 2. The fourth-order valence-corrected chi connectivity index (χ4v) is 3.92. The zero-order chi connectivity index (χ0) is 19.3. The molecule has 0 saturated carbocycles. The van der Waals surface area contributed by atoms with Gasteiger partial charge in [-0.25, -0.2) is 9.97 Å². The number of nitrogens with zero attached hydrogens (tertiary/aromatic N) is 3. The van der Waals surface area contributed by atoms with Crippen LogP contribution in [0, 0.1) is 6.92 Å². The first-order valence-corrected chi connectivity index (χ1v) is 9.38. The van der Waals surface area contributed by atoms with Crippen LogP contribution in [0.4, 0.5) is 5.82 Å². The van der Waals surface area contributed by atoms with Gasteiger partial charge >= 0.3 is 0 Å². The maximum absolute atomic E-state index is 12.4. The van der Waals surface area contributed by atoms with Gasteiger partial charge in [-0.15, -0.1) is 0 Å². The minimum absolute atomic E-state index is 0.0418. The quantitative estimate of drug-likeness (QED) is 0.554. The summed E-state index contributed by atoms with van der Waals surface area (Å²) in [5, 5.41) is 9.09. The Kier molecular flexibility index (Phi) is 3.78. The molecule has 8 nitrogen and oxygen atoms in total. The first kappa shape index (κ1) is 16.7. The average molecular weight is 376 g/mol. The number of anilines is 1. The number of hydrogen-bond donors (Lipinski definition) is 3. The van der Waals surface area contributed by atoms with E-state index >= 15 is 0 Å². The van der Waals surface area contributed by atoms with E-state index in [4.69, 9.17) is 4.98 Å². The molecule has 3 N–H and O–H groups in total. The molecule has 1 aromatic carbocycles. The first-order chi connectivity index (χ1) is 13.6. The van der Waals surface area contributed by atoms with Crippen molar-refractivity contribution in [3.8, 4) is 11.1 Å². The van der Waals surface area contributed by atoms with Crippen molar-refractivity contribution in [1.29, 1.82) is 0 Å². The SMILES string of the molecule is Cc1nc2cccc3c2nc1NCCNC(=O)C[C@@H]1CNC(=O)c2cc-3cn21. The minimum Gasteiger partial charge on any atom is -0.367 e. The van der Waals surface area contributed by atoms with Crippen molar-refractivity contribution in [3.05, 3.63) is 41.9 Å². The third-order valence-corrected chi connectivity index (χ3v) is 5.31. The van der Waals surface area contributed by atoms with E-state index in [2.05, 4.69) is 20.9 Å². The Labute approximate surface area is 161 Å². The molecule has 0 saturated heterocycles. The molecular weight excluding hydrogens is 356 g/mol. The molecule has 8 heteroatoms. The predicted molar refractivity (Wildman–Crippen MR) is 105 cm³/mol. The molecule has 2 aromatic heterocycles. The molecule has 2 aliphatic heterocycles. The van der Waals surface area contributed by atoms with Gasteiger partial charge in [0.05, 0.1) is 22.8 Å². The second-order valence-corrected chi connectivity index (χ2v) is 7.20. The smallest absolute Gasteiger partial charge is 0.268 e. The van der Waals surface area contributed by atoms with Crippen molar-refractivity contribution < 1.29 is 9.59 Å². The maximum Gasteiger partial charge on any atom is 0.268 e. The van der Waals surface area contributed by atoms with Gasteiger partial charge in [0.15, 0.2) is 0 Å². The largest absolute Gasteiger partial charge is 0.367 e. The van der Waals surface area contributed by atoms with E-state index in [9.17, 15) is 9.59 Å². The van der Waals surface area contributed by atoms with Crippen LogP contribution in [0.2, 0.25) is 0 Å². The highest BCUT2D eigenvalue weighted by Gasteiger charge is 2.28. The number of nitrogens with one attached hydrogen (secondary N) is 3. The standard InChI is InChI=1S/C20H20N6O2/c1-11-19-22-6-5-21-17(27)8-13-9-23-20(28)16-7-12(10-26(13)16)14-3-2-4-15(24-11)18(14)25-19/h2-4,7,10,13H,5-6,8-9H2,1H3,(H,21,27)(H,22,25)(H,23,28)/t13-/m1/s1. The molecule has 142 valence electrons. The van der Waals surface area contributed by atoms with Crippen LogP contribution >= 0.6 is 0 Å². The number of fused-ring (bicyclic) bond motifs is 3. The number of para-hydroxylation sites is 1. The highest BCUT2D eigenvalue weighted by molar-refractivity contribution is 5.98. The zero-order valence-electron chi connectivity index (χ0n) is 15.5. The van der Waals surface area contributed by atoms with Gasteiger partial charge in [0.2, 0.25) is 5.91 Å². The van der Waals surface area contributed by atoms with E-state index in [1.165, 1.54) is 0 Å². The van der Waals surface area contributed by atoms with Crippen LogP contribution in [0.1, 0.15) is 28.6 Å². The Morgan fingerprint density at radius 1 is 1.11 bits per heavy atom. The molecule has 0 spiro atoms. The van der Waals surface area contributed by atoms with E-state index in [1.54, 1.807) is 0 Å². The Morgan fingerprint density at radius 2 is 1.96 bits per heavy atom. The van der Waals surface area contributed by atoms with E-state index in [1.807, 2.05) is 42.0 Å². The predicted octanol–water partition coefficient (Wildman–Crippen LogP) is 1.62. The summed E-state index contributed by atoms with van der Waals surface area (Å²) in [5.74, 6) is 0.530. The van der Waals surface area contributed by atoms with Crippen molar-refractivity contribution in [3.63, 3.8) is 0 Å². The molecule has 4 heterocycles. The number of aromatic nitrogens is 3. The Balaban J connectivity index is 1.74. The van der Waals surface area contributed by atoms with E-state index in [-0.39, 0.29) is 17.9 Å². The minimum atomic E-state index is -0.128. The van der Waals surface area contributed by atoms with E-state index < -0.39 is 0 Å². The van der Waals surface area contributed by atoms with Gasteiger partial charge in [0, 0.05) is 43.4 Å². The molecule has 0 unspecified atom stereocenters. The second kappa shape index (κ2) is 6.33. The van der Waals surface area contributed by atoms with Gasteiger partial charge in [-0.05, 0) is 19.1 Å². The first-order valence-electron chi connectivity index (χ1n) is 9.38. The normalized spacial score (nSPS) is 19.0. The Hall–Kier alpha value is -3.42. The summed E-state index contributed by atoms with van der Waals surface area (Å²) in [5.41, 5.74) is 4.78. The third kappa shape index (κ3) is 2.69. The summed E-state index contributed by atoms with van der Waals surface area (Å²) in [6, 6.07) is 7.63. The number of benzene rings is 1. The zero-order valence-corrected chi connectivity index (χ0v) is 15.5. The van der Waals surface area contributed by atoms with Crippen LogP contribution in [0.3, 0.4) is 0 Å². The lowest BCUT2D eigenvalue weighted by Crippen LogP contribution is -2.41. The molecule has 3 aromatic rings. The summed E-state index contributed by atoms with van der Waals surface area (Å²) in [6.07, 6.45) is 2.26. The molecule has 28 heavy (non-hydrogen) atoms. The topological polar surface area (TPSA) is 101 Å². The summed E-state index contributed by atoms with van der Waals surface area (Å²) in [4.78, 5) is 34.2. The number of hydrogen-bond acceptors (Lipinski definition) is 5. The lowest BCUT2D eigenvalue weighted by Gasteiger charge is -2.26. The van der Waals surface area contributed by atoms with Crippen LogP contribution in [0.5, 0.6) is 0 Å². The molecule has 1 atom stereocenters. The summed E-state index contributed by atoms with van der Waals surface area (Å²) in [7, 11) is 0. The van der Waals surface area contributed by atoms with E-state index in [0.717, 1.165) is 27.9 Å². The number of rotatable bonds is 0. The highest BCUT2D eigenvalue weighted by atomic mass is 16.2. The monoisotopic (exact) mass is 376 g/mol. The summed E-state index contributed by atoms with van der Waals surface area (Å²) in [6.45, 7) is 3.40. The van der Waals surface area contributed by atoms with Gasteiger partial charge in [-0.1, -0.05) is 12.1 Å². The van der Waals surface area contributed by atoms with Gasteiger partial charge in [0.25, 0.3) is 5.91 Å². The van der Waals surface area contributed by atoms with Crippen LogP contribution in [0.15, 0.2) is 30.5 Å². The summed E-state index contributed by atoms with van der Waals surface area (Å²) < 4.78 is 1.92. The van der Waals surface area contributed by atoms with Crippen LogP contribution in [-0.4, -0.2) is 46.0 Å². The molecule has 5 rings (SSSR count). The fourth-order valence-electron chi connectivity index (χ4n) is 3.92. The maximum atomic E-state index is 12.4. The molecule has 0 fully saturated rings. The number of carbonyl (C=O) groups excluding carboxylic acids is 2. The molecular formula is C20H20N6O2. The van der Waals surface area contributed by atoms with Crippen molar-refractivity contribution in [1.82, 2.24) is 25.2 Å². The highest BCUT2D eigenvalue weighted by Crippen LogP contribution is 2.32. The summed E-state index contributed by atoms with van der Waals surface area (Å²) >= 11 is 0. The lowest BCUT2D eigenvalue weighted by molar-refractivity contribution is -0.121. The number of aryl methyl sites for hydroxylation is 1. The van der Waals surface area contributed by atoms with E-state index in [0.29, 0.717) is 37.6 Å². The van der Waals surface area contributed by atoms with Crippen molar-refractivity contribution in [2.24, 2.45) is 0 Å². The molecule has 0 aliphatic carbocycles. The molecule has 0 radical (unpaired) electrons. The van der Waals surface area contributed by atoms with Gasteiger partial charge in [-0.3, -0.25) is 9.59 Å². The van der Waals surface area contributed by atoms with Crippen LogP contribution < -0.4 is 16.0 Å². The van der Waals surface area contributed by atoms with Crippen molar-refractivity contribution in [2.75, 3.05) is 25.0 Å². The third-order valence-electron chi connectivity index (χ3n) is 5.31. The van der Waals surface area contributed by atoms with Crippen LogP contribution in [0.25, 0.3) is 22.2 Å². The number of carbonyl (C=O) groups is 2. The molecule has 2 aliphatic rings. The average Bonchev–Trinajstić information content (AvgIpc) is 3.13. The second-order valence-electron chi connectivity index (χ2n) is 7.20. The Morgan fingerprint density at radius 3 is 2.86 bits per heavy atom.